The third-order valence-corrected chi connectivity index (χ3v) is 5.01. The number of para-hydroxylation sites is 1. The molecule has 3 aromatic rings. The molecule has 0 aliphatic heterocycles. The topological polar surface area (TPSA) is 74.8 Å². The highest BCUT2D eigenvalue weighted by Crippen LogP contribution is 2.16. The molecule has 0 aliphatic carbocycles. The van der Waals surface area contributed by atoms with Crippen LogP contribution in [0.25, 0.3) is 0 Å². The van der Waals surface area contributed by atoms with Gasteiger partial charge >= 0.3 is 0 Å². The lowest BCUT2D eigenvalue weighted by atomic mass is 10.1. The van der Waals surface area contributed by atoms with Crippen LogP contribution in [0.15, 0.2) is 78.9 Å². The van der Waals surface area contributed by atoms with Crippen LogP contribution in [-0.4, -0.2) is 18.4 Å². The van der Waals surface area contributed by atoms with Gasteiger partial charge in [-0.1, -0.05) is 66.2 Å². The van der Waals surface area contributed by atoms with Crippen LogP contribution in [0.4, 0.5) is 5.69 Å². The van der Waals surface area contributed by atoms with Crippen molar-refractivity contribution in [2.75, 3.05) is 11.9 Å². The average Bonchev–Trinajstić information content (AvgIpc) is 2.77. The fraction of sp³-hybridized carbons (Fsp3) is 0.167. The summed E-state index contributed by atoms with van der Waals surface area (Å²) in [6, 6.07) is 24.4. The van der Waals surface area contributed by atoms with Gasteiger partial charge in [-0.15, -0.1) is 0 Å². The zero-order valence-corrected chi connectivity index (χ0v) is 17.5. The summed E-state index contributed by atoms with van der Waals surface area (Å²) in [5.41, 5.74) is 2.99. The number of quaternary nitrogens is 1. The Morgan fingerprint density at radius 2 is 1.70 bits per heavy atom. The average molecular weight is 423 g/mol. The molecule has 0 fully saturated rings. The summed E-state index contributed by atoms with van der Waals surface area (Å²) < 4.78 is 0. The van der Waals surface area contributed by atoms with Crippen molar-refractivity contribution in [1.29, 1.82) is 0 Å². The number of rotatable bonds is 8. The van der Waals surface area contributed by atoms with Crippen LogP contribution >= 0.6 is 11.6 Å². The van der Waals surface area contributed by atoms with Gasteiger partial charge in [0.25, 0.3) is 11.8 Å². The standard InChI is InChI=1S/C24H24ClN3O2/c1-17(19-10-7-11-20(25)14-19)26-16-23(29)28-22-13-6-5-12-21(22)24(30)27-15-18-8-3-2-4-9-18/h2-14,17,26H,15-16H2,1H3,(H,27,30)(H,28,29)/p+1/t17-/m0/s1. The van der Waals surface area contributed by atoms with Crippen LogP contribution in [0.2, 0.25) is 5.02 Å². The highest BCUT2D eigenvalue weighted by Gasteiger charge is 2.15. The normalized spacial score (nSPS) is 11.5. The van der Waals surface area contributed by atoms with Crippen molar-refractivity contribution in [3.63, 3.8) is 0 Å². The second-order valence-corrected chi connectivity index (χ2v) is 7.48. The van der Waals surface area contributed by atoms with Crippen molar-refractivity contribution < 1.29 is 14.9 Å². The molecule has 0 spiro atoms. The smallest absolute Gasteiger partial charge is 0.279 e. The number of halogens is 1. The molecule has 0 saturated carbocycles. The van der Waals surface area contributed by atoms with E-state index in [2.05, 4.69) is 10.6 Å². The zero-order chi connectivity index (χ0) is 21.3. The molecule has 3 aromatic carbocycles. The first-order chi connectivity index (χ1) is 14.5. The maximum atomic E-state index is 12.6. The van der Waals surface area contributed by atoms with E-state index in [0.717, 1.165) is 11.1 Å². The largest absolute Gasteiger partial charge is 0.348 e. The Morgan fingerprint density at radius 1 is 0.967 bits per heavy atom. The first-order valence-electron chi connectivity index (χ1n) is 9.82. The molecule has 0 aliphatic rings. The van der Waals surface area contributed by atoms with Gasteiger partial charge in [-0.2, -0.15) is 0 Å². The van der Waals surface area contributed by atoms with Crippen LogP contribution in [-0.2, 0) is 11.3 Å². The van der Waals surface area contributed by atoms with E-state index in [1.807, 2.05) is 66.8 Å². The van der Waals surface area contributed by atoms with Gasteiger partial charge in [0.05, 0.1) is 11.3 Å². The number of carbonyl (C=O) groups excluding carboxylic acids is 2. The highest BCUT2D eigenvalue weighted by molar-refractivity contribution is 6.30. The molecule has 3 rings (SSSR count). The second-order valence-electron chi connectivity index (χ2n) is 7.05. The third kappa shape index (κ3) is 6.17. The van der Waals surface area contributed by atoms with E-state index >= 15 is 0 Å². The molecule has 0 radical (unpaired) electrons. The number of nitrogens with one attached hydrogen (secondary N) is 2. The van der Waals surface area contributed by atoms with Crippen LogP contribution in [0.5, 0.6) is 0 Å². The summed E-state index contributed by atoms with van der Waals surface area (Å²) in [5.74, 6) is -0.404. The van der Waals surface area contributed by atoms with Gasteiger partial charge in [-0.3, -0.25) is 9.59 Å². The van der Waals surface area contributed by atoms with Crippen molar-refractivity contribution >= 4 is 29.1 Å². The van der Waals surface area contributed by atoms with Gasteiger partial charge in [0, 0.05) is 17.1 Å². The van der Waals surface area contributed by atoms with Crippen molar-refractivity contribution in [3.05, 3.63) is 101 Å². The van der Waals surface area contributed by atoms with Gasteiger partial charge in [0.2, 0.25) is 0 Å². The van der Waals surface area contributed by atoms with Gasteiger partial charge in [-0.05, 0) is 36.8 Å². The number of hydrogen-bond donors (Lipinski definition) is 3. The molecular formula is C24H25ClN3O2+. The Balaban J connectivity index is 1.57. The lowest BCUT2D eigenvalue weighted by Crippen LogP contribution is -2.86. The SMILES string of the molecule is C[C@H]([NH2+]CC(=O)Nc1ccccc1C(=O)NCc1ccccc1)c1cccc(Cl)c1. The molecule has 30 heavy (non-hydrogen) atoms. The summed E-state index contributed by atoms with van der Waals surface area (Å²) >= 11 is 6.04. The fourth-order valence-electron chi connectivity index (χ4n) is 3.07. The van der Waals surface area contributed by atoms with Crippen molar-refractivity contribution in [3.8, 4) is 0 Å². The van der Waals surface area contributed by atoms with Crippen LogP contribution in [0.3, 0.4) is 0 Å². The van der Waals surface area contributed by atoms with Crippen LogP contribution in [0, 0.1) is 0 Å². The Morgan fingerprint density at radius 3 is 2.47 bits per heavy atom. The summed E-state index contributed by atoms with van der Waals surface area (Å²) in [7, 11) is 0. The van der Waals surface area contributed by atoms with Crippen molar-refractivity contribution in [2.24, 2.45) is 0 Å². The number of nitrogens with two attached hydrogens (primary N) is 1. The van der Waals surface area contributed by atoms with E-state index in [9.17, 15) is 9.59 Å². The van der Waals surface area contributed by atoms with E-state index in [0.29, 0.717) is 22.8 Å². The minimum atomic E-state index is -0.231. The minimum Gasteiger partial charge on any atom is -0.348 e. The van der Waals surface area contributed by atoms with Gasteiger partial charge < -0.3 is 16.0 Å². The molecule has 5 nitrogen and oxygen atoms in total. The van der Waals surface area contributed by atoms with Crippen LogP contribution in [0.1, 0.15) is 34.5 Å². The quantitative estimate of drug-likeness (QED) is 0.519. The number of amides is 2. The fourth-order valence-corrected chi connectivity index (χ4v) is 3.27. The number of anilines is 1. The van der Waals surface area contributed by atoms with E-state index in [-0.39, 0.29) is 24.4 Å². The lowest BCUT2D eigenvalue weighted by molar-refractivity contribution is -0.682. The Kier molecular flexibility index (Phi) is 7.60. The first kappa shape index (κ1) is 21.6. The van der Waals surface area contributed by atoms with Gasteiger partial charge in [0.15, 0.2) is 6.54 Å². The second kappa shape index (κ2) is 10.6. The molecule has 2 amide bonds. The summed E-state index contributed by atoms with van der Waals surface area (Å²) in [6.07, 6.45) is 0. The Labute approximate surface area is 181 Å². The molecule has 0 aromatic heterocycles. The molecule has 6 heteroatoms. The predicted octanol–water partition coefficient (Wildman–Crippen LogP) is 3.53. The maximum absolute atomic E-state index is 12.6. The lowest BCUT2D eigenvalue weighted by Gasteiger charge is -2.13. The summed E-state index contributed by atoms with van der Waals surface area (Å²) in [4.78, 5) is 25.1. The molecule has 0 saturated heterocycles. The molecule has 0 heterocycles. The van der Waals surface area contributed by atoms with E-state index in [4.69, 9.17) is 11.6 Å². The monoisotopic (exact) mass is 422 g/mol. The molecule has 0 bridgehead atoms. The zero-order valence-electron chi connectivity index (χ0n) is 16.8. The number of carbonyl (C=O) groups is 2. The maximum Gasteiger partial charge on any atom is 0.279 e. The predicted molar refractivity (Wildman–Crippen MR) is 119 cm³/mol. The summed E-state index contributed by atoms with van der Waals surface area (Å²) in [5, 5.41) is 8.35. The van der Waals surface area contributed by atoms with E-state index in [1.54, 1.807) is 24.3 Å². The highest BCUT2D eigenvalue weighted by atomic mass is 35.5. The molecule has 1 atom stereocenters. The van der Waals surface area contributed by atoms with Crippen molar-refractivity contribution in [1.82, 2.24) is 5.32 Å². The Hall–Kier alpha value is -3.15. The first-order valence-corrected chi connectivity index (χ1v) is 10.2. The molecule has 4 N–H and O–H groups in total. The van der Waals surface area contributed by atoms with Gasteiger partial charge in [0.1, 0.15) is 6.04 Å². The Bertz CT molecular complexity index is 1010. The third-order valence-electron chi connectivity index (χ3n) is 4.77. The van der Waals surface area contributed by atoms with Crippen LogP contribution < -0.4 is 16.0 Å². The van der Waals surface area contributed by atoms with E-state index < -0.39 is 0 Å². The number of hydrogen-bond acceptors (Lipinski definition) is 2. The van der Waals surface area contributed by atoms with Crippen molar-refractivity contribution in [2.45, 2.75) is 19.5 Å². The molecular weight excluding hydrogens is 398 g/mol. The number of benzene rings is 3. The van der Waals surface area contributed by atoms with E-state index in [1.165, 1.54) is 0 Å². The minimum absolute atomic E-state index is 0.0823. The molecule has 0 unspecified atom stereocenters. The summed E-state index contributed by atoms with van der Waals surface area (Å²) in [6.45, 7) is 2.67. The van der Waals surface area contributed by atoms with Gasteiger partial charge in [-0.25, -0.2) is 0 Å². The molecule has 154 valence electrons.